The molecular formula is C44H26O2. The third-order valence-electron chi connectivity index (χ3n) is 9.95. The van der Waals surface area contributed by atoms with Gasteiger partial charge in [0.1, 0.15) is 11.5 Å². The highest BCUT2D eigenvalue weighted by atomic mass is 16.3. The van der Waals surface area contributed by atoms with Crippen LogP contribution in [0.3, 0.4) is 0 Å². The molecule has 0 heterocycles. The van der Waals surface area contributed by atoms with E-state index in [0.29, 0.717) is 11.1 Å². The average molecular weight is 587 g/mol. The fourth-order valence-corrected chi connectivity index (χ4v) is 7.94. The van der Waals surface area contributed by atoms with E-state index < -0.39 is 0 Å². The van der Waals surface area contributed by atoms with E-state index in [2.05, 4.69) is 121 Å². The molecule has 2 N–H and O–H groups in total. The van der Waals surface area contributed by atoms with Crippen LogP contribution in [0.15, 0.2) is 146 Å². The molecule has 10 aromatic rings. The fraction of sp³-hybridized carbons (Fsp3) is 0. The smallest absolute Gasteiger partial charge is 0.124 e. The second kappa shape index (κ2) is 9.20. The number of rotatable bonds is 1. The Morgan fingerprint density at radius 1 is 0.239 bits per heavy atom. The third-order valence-corrected chi connectivity index (χ3v) is 9.95. The van der Waals surface area contributed by atoms with Gasteiger partial charge in [-0.25, -0.2) is 0 Å². The van der Waals surface area contributed by atoms with Gasteiger partial charge >= 0.3 is 0 Å². The molecule has 0 amide bonds. The standard InChI is InChI=1S/C44H26O2/c45-35-23-21-31-19-17-29-15-13-27-11-9-25-5-1-3-7-33(25)37(27)39(29)41(31)43(35)44-36(46)24-22-32-20-18-30-16-14-28-12-10-26-6-2-4-8-34(26)38(28)40(30)42(32)44/h1-24,45-46H. The van der Waals surface area contributed by atoms with Gasteiger partial charge in [0.25, 0.3) is 0 Å². The van der Waals surface area contributed by atoms with Crippen molar-refractivity contribution in [2.45, 2.75) is 0 Å². The summed E-state index contributed by atoms with van der Waals surface area (Å²) < 4.78 is 0. The van der Waals surface area contributed by atoms with Crippen molar-refractivity contribution in [1.29, 1.82) is 0 Å². The van der Waals surface area contributed by atoms with Crippen molar-refractivity contribution in [3.8, 4) is 22.6 Å². The lowest BCUT2D eigenvalue weighted by Crippen LogP contribution is -1.91. The number of hydrogen-bond acceptors (Lipinski definition) is 2. The first-order chi connectivity index (χ1) is 22.7. The molecule has 10 rings (SSSR count). The molecule has 214 valence electrons. The van der Waals surface area contributed by atoms with E-state index >= 15 is 0 Å². The van der Waals surface area contributed by atoms with E-state index in [9.17, 15) is 10.2 Å². The Hall–Kier alpha value is -6.12. The maximum absolute atomic E-state index is 11.9. The van der Waals surface area contributed by atoms with Crippen molar-refractivity contribution in [2.75, 3.05) is 0 Å². The molecule has 46 heavy (non-hydrogen) atoms. The van der Waals surface area contributed by atoms with Crippen molar-refractivity contribution in [3.05, 3.63) is 146 Å². The first kappa shape index (κ1) is 25.2. The van der Waals surface area contributed by atoms with E-state index in [0.717, 1.165) is 75.4 Å². The lowest BCUT2D eigenvalue weighted by atomic mass is 9.85. The molecule has 0 spiro atoms. The van der Waals surface area contributed by atoms with Crippen LogP contribution in [0.1, 0.15) is 0 Å². The number of aromatic hydroxyl groups is 2. The number of benzene rings is 10. The normalized spacial score (nSPS) is 12.1. The Kier molecular flexibility index (Phi) is 5.05. The second-order valence-corrected chi connectivity index (χ2v) is 12.3. The van der Waals surface area contributed by atoms with Crippen LogP contribution in [0.25, 0.3) is 97.3 Å². The monoisotopic (exact) mass is 586 g/mol. The van der Waals surface area contributed by atoms with Crippen LogP contribution in [-0.2, 0) is 0 Å². The SMILES string of the molecule is Oc1ccc2ccc3ccc4ccc5ccccc5c4c3c2c1-c1c(O)ccc2ccc3ccc4ccc5ccccc5c4c3c12. The molecule has 10 aromatic carbocycles. The maximum Gasteiger partial charge on any atom is 0.124 e. The minimum atomic E-state index is 0.141. The van der Waals surface area contributed by atoms with Gasteiger partial charge in [0, 0.05) is 21.9 Å². The second-order valence-electron chi connectivity index (χ2n) is 12.3. The lowest BCUT2D eigenvalue weighted by Gasteiger charge is -2.19. The summed E-state index contributed by atoms with van der Waals surface area (Å²) in [6, 6.07) is 50.4. The number of phenols is 2. The van der Waals surface area contributed by atoms with Crippen molar-refractivity contribution in [3.63, 3.8) is 0 Å². The van der Waals surface area contributed by atoms with Crippen LogP contribution in [-0.4, -0.2) is 10.2 Å². The molecule has 0 bridgehead atoms. The van der Waals surface area contributed by atoms with Crippen LogP contribution >= 0.6 is 0 Å². The van der Waals surface area contributed by atoms with Gasteiger partial charge in [0.15, 0.2) is 0 Å². The van der Waals surface area contributed by atoms with Crippen molar-refractivity contribution < 1.29 is 10.2 Å². The highest BCUT2D eigenvalue weighted by Crippen LogP contribution is 2.50. The van der Waals surface area contributed by atoms with Gasteiger partial charge in [-0.15, -0.1) is 0 Å². The topological polar surface area (TPSA) is 40.5 Å². The van der Waals surface area contributed by atoms with Crippen LogP contribution in [0, 0.1) is 0 Å². The summed E-state index contributed by atoms with van der Waals surface area (Å²) in [7, 11) is 0. The van der Waals surface area contributed by atoms with Crippen molar-refractivity contribution in [1.82, 2.24) is 0 Å². The summed E-state index contributed by atoms with van der Waals surface area (Å²) >= 11 is 0. The molecule has 2 nitrogen and oxygen atoms in total. The van der Waals surface area contributed by atoms with Crippen molar-refractivity contribution >= 4 is 86.2 Å². The van der Waals surface area contributed by atoms with E-state index in [4.69, 9.17) is 0 Å². The summed E-state index contributed by atoms with van der Waals surface area (Å²) in [5.74, 6) is 0.282. The van der Waals surface area contributed by atoms with Gasteiger partial charge in [-0.1, -0.05) is 133 Å². The fourth-order valence-electron chi connectivity index (χ4n) is 7.94. The molecule has 0 radical (unpaired) electrons. The molecule has 0 atom stereocenters. The molecule has 0 aliphatic heterocycles. The predicted octanol–water partition coefficient (Wildman–Crippen LogP) is 12.0. The molecular weight excluding hydrogens is 560 g/mol. The molecule has 0 aromatic heterocycles. The van der Waals surface area contributed by atoms with Gasteiger partial charge in [-0.05, 0) is 87.5 Å². The molecule has 0 saturated carbocycles. The van der Waals surface area contributed by atoms with E-state index in [1.807, 2.05) is 12.1 Å². The van der Waals surface area contributed by atoms with Gasteiger partial charge < -0.3 is 10.2 Å². The summed E-state index contributed by atoms with van der Waals surface area (Å²) in [5.41, 5.74) is 1.30. The van der Waals surface area contributed by atoms with E-state index in [-0.39, 0.29) is 11.5 Å². The van der Waals surface area contributed by atoms with Gasteiger partial charge in [0.05, 0.1) is 0 Å². The predicted molar refractivity (Wildman–Crippen MR) is 195 cm³/mol. The summed E-state index contributed by atoms with van der Waals surface area (Å²) in [4.78, 5) is 0. The van der Waals surface area contributed by atoms with Gasteiger partial charge in [0.2, 0.25) is 0 Å². The number of phenolic OH excluding ortho intramolecular Hbond substituents is 2. The first-order valence-corrected chi connectivity index (χ1v) is 15.6. The van der Waals surface area contributed by atoms with Crippen LogP contribution in [0.2, 0.25) is 0 Å². The zero-order valence-electron chi connectivity index (χ0n) is 24.8. The Labute approximate surface area is 264 Å². The molecule has 0 fully saturated rings. The largest absolute Gasteiger partial charge is 0.507 e. The van der Waals surface area contributed by atoms with Gasteiger partial charge in [-0.3, -0.25) is 0 Å². The highest BCUT2D eigenvalue weighted by Gasteiger charge is 2.22. The minimum absolute atomic E-state index is 0.141. The molecule has 0 aliphatic carbocycles. The van der Waals surface area contributed by atoms with Gasteiger partial charge in [-0.2, -0.15) is 0 Å². The minimum Gasteiger partial charge on any atom is -0.507 e. The molecule has 0 saturated heterocycles. The molecule has 0 aliphatic rings. The summed E-state index contributed by atoms with van der Waals surface area (Å²) in [6.07, 6.45) is 0. The van der Waals surface area contributed by atoms with E-state index in [1.165, 1.54) is 10.8 Å². The molecule has 2 heteroatoms. The zero-order valence-corrected chi connectivity index (χ0v) is 24.8. The quantitative estimate of drug-likeness (QED) is 0.188. The Morgan fingerprint density at radius 2 is 0.522 bits per heavy atom. The Bertz CT molecular complexity index is 2710. The first-order valence-electron chi connectivity index (χ1n) is 15.6. The van der Waals surface area contributed by atoms with Crippen LogP contribution in [0.5, 0.6) is 11.5 Å². The third kappa shape index (κ3) is 3.36. The van der Waals surface area contributed by atoms with Crippen LogP contribution in [0.4, 0.5) is 0 Å². The maximum atomic E-state index is 11.9. The van der Waals surface area contributed by atoms with E-state index in [1.54, 1.807) is 12.1 Å². The number of fused-ring (bicyclic) bond motifs is 14. The lowest BCUT2D eigenvalue weighted by molar-refractivity contribution is 0.470. The zero-order chi connectivity index (χ0) is 30.5. The Balaban J connectivity index is 1.50. The number of hydrogen-bond donors (Lipinski definition) is 2. The highest BCUT2D eigenvalue weighted by molar-refractivity contribution is 6.34. The van der Waals surface area contributed by atoms with Crippen LogP contribution < -0.4 is 0 Å². The molecule has 0 unspecified atom stereocenters. The summed E-state index contributed by atoms with van der Waals surface area (Å²) in [6.45, 7) is 0. The summed E-state index contributed by atoms with van der Waals surface area (Å²) in [5, 5.41) is 41.3. The van der Waals surface area contributed by atoms with Crippen molar-refractivity contribution in [2.24, 2.45) is 0 Å². The Morgan fingerprint density at radius 3 is 0.913 bits per heavy atom. The average Bonchev–Trinajstić information content (AvgIpc) is 3.10.